The summed E-state index contributed by atoms with van der Waals surface area (Å²) < 4.78 is 0. The summed E-state index contributed by atoms with van der Waals surface area (Å²) in [6.45, 7) is 7.63. The normalized spacial score (nSPS) is 17.7. The Bertz CT molecular complexity index is 203. The number of rotatable bonds is 1. The average Bonchev–Trinajstić information content (AvgIpc) is 2.14. The fourth-order valence-electron chi connectivity index (χ4n) is 0.789. The molecule has 1 rings (SSSR count). The van der Waals surface area contributed by atoms with Gasteiger partial charge in [0.1, 0.15) is 5.84 Å². The van der Waals surface area contributed by atoms with Gasteiger partial charge in [-0.1, -0.05) is 6.58 Å². The largest absolute Gasteiger partial charge is 0.283 e. The molecule has 0 atom stereocenters. The van der Waals surface area contributed by atoms with Crippen molar-refractivity contribution in [1.82, 2.24) is 5.01 Å². The second-order valence-corrected chi connectivity index (χ2v) is 2.56. The van der Waals surface area contributed by atoms with Gasteiger partial charge in [0.25, 0.3) is 0 Å². The van der Waals surface area contributed by atoms with E-state index in [0.717, 1.165) is 0 Å². The third kappa shape index (κ3) is 0.943. The van der Waals surface area contributed by atoms with Gasteiger partial charge in [0.15, 0.2) is 0 Å². The van der Waals surface area contributed by atoms with Crippen molar-refractivity contribution in [3.63, 3.8) is 0 Å². The van der Waals surface area contributed by atoms with Crippen LogP contribution in [0.1, 0.15) is 13.8 Å². The Morgan fingerprint density at radius 1 is 1.70 bits per heavy atom. The van der Waals surface area contributed by atoms with Crippen LogP contribution in [0.2, 0.25) is 0 Å². The van der Waals surface area contributed by atoms with Crippen LogP contribution in [0.4, 0.5) is 0 Å². The lowest BCUT2D eigenvalue weighted by molar-refractivity contribution is 0.376. The first-order valence-corrected chi connectivity index (χ1v) is 3.24. The van der Waals surface area contributed by atoms with Gasteiger partial charge in [-0.2, -0.15) is 5.10 Å². The highest BCUT2D eigenvalue weighted by atomic mass is 15.5. The highest BCUT2D eigenvalue weighted by Gasteiger charge is 2.18. The Labute approximate surface area is 60.5 Å². The van der Waals surface area contributed by atoms with Crippen molar-refractivity contribution in [2.24, 2.45) is 5.10 Å². The van der Waals surface area contributed by atoms with Gasteiger partial charge < -0.3 is 0 Å². The number of nitrogens with zero attached hydrogens (tertiary/aromatic N) is 2. The Morgan fingerprint density at radius 3 is 2.50 bits per heavy atom. The Morgan fingerprint density at radius 2 is 2.30 bits per heavy atom. The second kappa shape index (κ2) is 2.25. The van der Waals surface area contributed by atoms with Gasteiger partial charge in [0.2, 0.25) is 0 Å². The van der Waals surface area contributed by atoms with E-state index in [0.29, 0.717) is 11.4 Å². The first kappa shape index (κ1) is 6.99. The molecule has 0 aromatic rings. The molecular weight excluding hydrogens is 126 g/mol. The maximum absolute atomic E-state index is 7.44. The van der Waals surface area contributed by atoms with E-state index in [2.05, 4.69) is 11.7 Å². The van der Waals surface area contributed by atoms with E-state index in [1.807, 2.05) is 13.8 Å². The van der Waals surface area contributed by atoms with Crippen LogP contribution in [0.15, 0.2) is 17.3 Å². The van der Waals surface area contributed by atoms with E-state index in [1.54, 1.807) is 11.2 Å². The highest BCUT2D eigenvalue weighted by molar-refractivity contribution is 6.16. The summed E-state index contributed by atoms with van der Waals surface area (Å²) in [7, 11) is 0. The van der Waals surface area contributed by atoms with Gasteiger partial charge in [-0.25, -0.2) is 5.01 Å². The van der Waals surface area contributed by atoms with E-state index >= 15 is 0 Å². The third-order valence-corrected chi connectivity index (χ3v) is 1.36. The molecule has 0 spiro atoms. The van der Waals surface area contributed by atoms with Gasteiger partial charge in [-0.05, 0) is 13.8 Å². The zero-order valence-electron chi connectivity index (χ0n) is 6.26. The van der Waals surface area contributed by atoms with Gasteiger partial charge in [0.05, 0.1) is 6.21 Å². The number of hydrogen-bond acceptors (Lipinski definition) is 2. The molecule has 0 amide bonds. The molecule has 0 saturated carbocycles. The summed E-state index contributed by atoms with van der Waals surface area (Å²) in [5.74, 6) is 0.412. The lowest BCUT2D eigenvalue weighted by Gasteiger charge is -2.17. The molecule has 0 radical (unpaired) electrons. The van der Waals surface area contributed by atoms with E-state index in [1.165, 1.54) is 0 Å². The monoisotopic (exact) mass is 137 g/mol. The lowest BCUT2D eigenvalue weighted by Crippen LogP contribution is -2.28. The summed E-state index contributed by atoms with van der Waals surface area (Å²) >= 11 is 0. The van der Waals surface area contributed by atoms with Crippen LogP contribution in [-0.2, 0) is 0 Å². The summed E-state index contributed by atoms with van der Waals surface area (Å²) in [5.41, 5.74) is 0.689. The second-order valence-electron chi connectivity index (χ2n) is 2.56. The minimum absolute atomic E-state index is 0.253. The number of nitrogens with one attached hydrogen (secondary N) is 1. The third-order valence-electron chi connectivity index (χ3n) is 1.36. The lowest BCUT2D eigenvalue weighted by atomic mass is 10.3. The molecule has 54 valence electrons. The van der Waals surface area contributed by atoms with Gasteiger partial charge >= 0.3 is 0 Å². The van der Waals surface area contributed by atoms with Crippen molar-refractivity contribution in [3.8, 4) is 0 Å². The summed E-state index contributed by atoms with van der Waals surface area (Å²) in [5, 5.41) is 13.1. The Hall–Kier alpha value is -1.12. The summed E-state index contributed by atoms with van der Waals surface area (Å²) in [6, 6.07) is 0.253. The molecule has 0 aromatic heterocycles. The molecule has 0 aliphatic carbocycles. The van der Waals surface area contributed by atoms with Crippen molar-refractivity contribution in [1.29, 1.82) is 5.41 Å². The van der Waals surface area contributed by atoms with E-state index < -0.39 is 0 Å². The molecule has 1 aliphatic heterocycles. The molecule has 3 heteroatoms. The van der Waals surface area contributed by atoms with Crippen LogP contribution in [0.5, 0.6) is 0 Å². The first-order valence-electron chi connectivity index (χ1n) is 3.24. The molecule has 0 aromatic carbocycles. The van der Waals surface area contributed by atoms with Crippen LogP contribution >= 0.6 is 0 Å². The SMILES string of the molecule is C=C1C=NN(C(C)C)C1=N. The molecule has 1 N–H and O–H groups in total. The van der Waals surface area contributed by atoms with Crippen LogP contribution in [0.25, 0.3) is 0 Å². The standard InChI is InChI=1S/C7H11N3/c1-5(2)10-7(8)6(3)4-9-10/h4-5,8H,3H2,1-2H3. The van der Waals surface area contributed by atoms with Crippen molar-refractivity contribution in [3.05, 3.63) is 12.2 Å². The molecule has 3 nitrogen and oxygen atoms in total. The summed E-state index contributed by atoms with van der Waals surface area (Å²) in [4.78, 5) is 0. The predicted molar refractivity (Wildman–Crippen MR) is 42.3 cm³/mol. The predicted octanol–water partition coefficient (Wildman–Crippen LogP) is 1.23. The molecular formula is C7H11N3. The van der Waals surface area contributed by atoms with Crippen LogP contribution < -0.4 is 0 Å². The van der Waals surface area contributed by atoms with Gasteiger partial charge in [0, 0.05) is 11.6 Å². The van der Waals surface area contributed by atoms with Crippen LogP contribution in [0, 0.1) is 5.41 Å². The van der Waals surface area contributed by atoms with Crippen LogP contribution in [0.3, 0.4) is 0 Å². The number of hydrogen-bond donors (Lipinski definition) is 1. The van der Waals surface area contributed by atoms with Crippen LogP contribution in [-0.4, -0.2) is 23.1 Å². The highest BCUT2D eigenvalue weighted by Crippen LogP contribution is 2.10. The zero-order chi connectivity index (χ0) is 7.72. The molecule has 1 aliphatic rings. The minimum atomic E-state index is 0.253. The Balaban J connectivity index is 2.76. The van der Waals surface area contributed by atoms with Crippen molar-refractivity contribution in [2.75, 3.05) is 0 Å². The van der Waals surface area contributed by atoms with Gasteiger partial charge in [-0.15, -0.1) is 0 Å². The van der Waals surface area contributed by atoms with Crippen molar-refractivity contribution in [2.45, 2.75) is 19.9 Å². The van der Waals surface area contributed by atoms with E-state index in [9.17, 15) is 0 Å². The Kier molecular flexibility index (Phi) is 1.57. The van der Waals surface area contributed by atoms with Crippen molar-refractivity contribution < 1.29 is 0 Å². The minimum Gasteiger partial charge on any atom is -0.283 e. The fourth-order valence-corrected chi connectivity index (χ4v) is 0.789. The smallest absolute Gasteiger partial charge is 0.149 e. The zero-order valence-corrected chi connectivity index (χ0v) is 6.26. The maximum atomic E-state index is 7.44. The molecule has 0 unspecified atom stereocenters. The molecule has 0 fully saturated rings. The topological polar surface area (TPSA) is 39.5 Å². The van der Waals surface area contributed by atoms with Crippen molar-refractivity contribution >= 4 is 12.1 Å². The van der Waals surface area contributed by atoms with E-state index in [-0.39, 0.29) is 6.04 Å². The maximum Gasteiger partial charge on any atom is 0.149 e. The number of amidine groups is 1. The molecule has 0 bridgehead atoms. The molecule has 0 saturated heterocycles. The molecule has 1 heterocycles. The number of hydrazone groups is 1. The van der Waals surface area contributed by atoms with Gasteiger partial charge in [-0.3, -0.25) is 5.41 Å². The molecule has 10 heavy (non-hydrogen) atoms. The summed E-state index contributed by atoms with van der Waals surface area (Å²) in [6.07, 6.45) is 1.61. The fraction of sp³-hybridized carbons (Fsp3) is 0.429. The average molecular weight is 137 g/mol. The quantitative estimate of drug-likeness (QED) is 0.580. The first-order chi connectivity index (χ1) is 4.63. The van der Waals surface area contributed by atoms with E-state index in [4.69, 9.17) is 5.41 Å².